The van der Waals surface area contributed by atoms with Crippen molar-refractivity contribution in [2.45, 2.75) is 6.92 Å². The molecule has 0 atom stereocenters. The summed E-state index contributed by atoms with van der Waals surface area (Å²) in [6.07, 6.45) is 1.81. The highest BCUT2D eigenvalue weighted by molar-refractivity contribution is 9.10. The Balaban J connectivity index is 2.34. The van der Waals surface area contributed by atoms with Crippen LogP contribution in [0.25, 0.3) is 16.9 Å². The monoisotopic (exact) mass is 329 g/mol. The lowest BCUT2D eigenvalue weighted by molar-refractivity contribution is 0.628. The normalized spacial score (nSPS) is 10.7. The maximum absolute atomic E-state index is 13.0. The third-order valence-electron chi connectivity index (χ3n) is 3.09. The van der Waals surface area contributed by atoms with Crippen molar-refractivity contribution in [1.82, 2.24) is 9.38 Å². The van der Waals surface area contributed by atoms with Gasteiger partial charge in [-0.05, 0) is 58.7 Å². The highest BCUT2D eigenvalue weighted by Crippen LogP contribution is 2.27. The van der Waals surface area contributed by atoms with Gasteiger partial charge in [-0.2, -0.15) is 5.26 Å². The van der Waals surface area contributed by atoms with Gasteiger partial charge in [0.2, 0.25) is 0 Å². The molecule has 0 radical (unpaired) electrons. The molecule has 0 aliphatic carbocycles. The fraction of sp³-hybridized carbons (Fsp3) is 0.0667. The Kier molecular flexibility index (Phi) is 3.03. The van der Waals surface area contributed by atoms with E-state index >= 15 is 0 Å². The van der Waals surface area contributed by atoms with Gasteiger partial charge in [-0.15, -0.1) is 0 Å². The minimum Gasteiger partial charge on any atom is -0.289 e. The first-order valence-electron chi connectivity index (χ1n) is 5.94. The second-order valence-corrected chi connectivity index (χ2v) is 5.38. The van der Waals surface area contributed by atoms with E-state index < -0.39 is 0 Å². The van der Waals surface area contributed by atoms with Crippen LogP contribution in [0, 0.1) is 24.1 Å². The number of aryl methyl sites for hydroxylation is 1. The van der Waals surface area contributed by atoms with Crippen molar-refractivity contribution < 1.29 is 4.39 Å². The second-order valence-electron chi connectivity index (χ2n) is 4.46. The number of halogens is 2. The third kappa shape index (κ3) is 1.98. The minimum atomic E-state index is -0.310. The van der Waals surface area contributed by atoms with Crippen molar-refractivity contribution in [3.63, 3.8) is 0 Å². The summed E-state index contributed by atoms with van der Waals surface area (Å²) in [5.41, 5.74) is 3.42. The van der Waals surface area contributed by atoms with Gasteiger partial charge in [-0.25, -0.2) is 9.37 Å². The molecule has 98 valence electrons. The summed E-state index contributed by atoms with van der Waals surface area (Å²) >= 11 is 3.41. The van der Waals surface area contributed by atoms with Crippen LogP contribution in [0.15, 0.2) is 41.0 Å². The van der Waals surface area contributed by atoms with Crippen LogP contribution in [-0.2, 0) is 0 Å². The number of hydrogen-bond donors (Lipinski definition) is 0. The van der Waals surface area contributed by atoms with Crippen LogP contribution in [0.5, 0.6) is 0 Å². The fourth-order valence-electron chi connectivity index (χ4n) is 2.18. The number of fused-ring (bicyclic) bond motifs is 1. The molecule has 0 N–H and O–H groups in total. The molecule has 20 heavy (non-hydrogen) atoms. The van der Waals surface area contributed by atoms with Crippen LogP contribution in [0.3, 0.4) is 0 Å². The molecule has 0 aliphatic heterocycles. The summed E-state index contributed by atoms with van der Waals surface area (Å²) in [5, 5.41) is 9.40. The standard InChI is InChI=1S/C15H9BrFN3/c1-9-6-11(16)8-20-13(7-18)14(19-15(9)20)10-2-4-12(17)5-3-10/h2-6,8H,1H3. The van der Waals surface area contributed by atoms with Gasteiger partial charge in [-0.1, -0.05) is 0 Å². The summed E-state index contributed by atoms with van der Waals surface area (Å²) in [7, 11) is 0. The minimum absolute atomic E-state index is 0.310. The molecule has 3 aromatic rings. The quantitative estimate of drug-likeness (QED) is 0.674. The van der Waals surface area contributed by atoms with Gasteiger partial charge in [0.25, 0.3) is 0 Å². The van der Waals surface area contributed by atoms with Crippen molar-refractivity contribution in [1.29, 1.82) is 5.26 Å². The summed E-state index contributed by atoms with van der Waals surface area (Å²) in [4.78, 5) is 4.52. The van der Waals surface area contributed by atoms with Gasteiger partial charge in [0, 0.05) is 16.2 Å². The zero-order chi connectivity index (χ0) is 14.3. The third-order valence-corrected chi connectivity index (χ3v) is 3.53. The van der Waals surface area contributed by atoms with E-state index in [0.29, 0.717) is 11.4 Å². The predicted molar refractivity (Wildman–Crippen MR) is 77.7 cm³/mol. The van der Waals surface area contributed by atoms with Crippen molar-refractivity contribution in [3.05, 3.63) is 58.1 Å². The van der Waals surface area contributed by atoms with Gasteiger partial charge in [0.05, 0.1) is 0 Å². The summed E-state index contributed by atoms with van der Waals surface area (Å²) in [6.45, 7) is 1.93. The molecule has 0 unspecified atom stereocenters. The number of imidazole rings is 1. The lowest BCUT2D eigenvalue weighted by Crippen LogP contribution is -1.91. The molecule has 3 rings (SSSR count). The smallest absolute Gasteiger partial charge is 0.152 e. The molecule has 0 fully saturated rings. The Hall–Kier alpha value is -2.19. The van der Waals surface area contributed by atoms with Crippen molar-refractivity contribution in [3.8, 4) is 17.3 Å². The van der Waals surface area contributed by atoms with Crippen LogP contribution in [0.2, 0.25) is 0 Å². The Morgan fingerprint density at radius 3 is 2.65 bits per heavy atom. The van der Waals surface area contributed by atoms with E-state index in [-0.39, 0.29) is 5.82 Å². The first-order chi connectivity index (χ1) is 9.60. The molecule has 3 nitrogen and oxygen atoms in total. The molecular formula is C15H9BrFN3. The first-order valence-corrected chi connectivity index (χ1v) is 6.73. The number of hydrogen-bond acceptors (Lipinski definition) is 2. The highest BCUT2D eigenvalue weighted by atomic mass is 79.9. The average Bonchev–Trinajstić information content (AvgIpc) is 2.78. The molecular weight excluding hydrogens is 321 g/mol. The van der Waals surface area contributed by atoms with Crippen LogP contribution in [0.4, 0.5) is 4.39 Å². The van der Waals surface area contributed by atoms with E-state index in [1.54, 1.807) is 22.7 Å². The molecule has 0 saturated heterocycles. The molecule has 2 aromatic heterocycles. The number of nitrogens with zero attached hydrogens (tertiary/aromatic N) is 3. The van der Waals surface area contributed by atoms with Crippen LogP contribution >= 0.6 is 15.9 Å². The number of pyridine rings is 1. The average molecular weight is 330 g/mol. The van der Waals surface area contributed by atoms with E-state index in [1.807, 2.05) is 13.0 Å². The Bertz CT molecular complexity index is 844. The Morgan fingerprint density at radius 1 is 1.30 bits per heavy atom. The Labute approximate surface area is 123 Å². The molecule has 0 spiro atoms. The van der Waals surface area contributed by atoms with Gasteiger partial charge in [0.15, 0.2) is 5.69 Å². The molecule has 2 heterocycles. The first kappa shape index (κ1) is 12.8. The lowest BCUT2D eigenvalue weighted by Gasteiger charge is -1.99. The van der Waals surface area contributed by atoms with Crippen LogP contribution in [0.1, 0.15) is 11.3 Å². The SMILES string of the molecule is Cc1cc(Br)cn2c(C#N)c(-c3ccc(F)cc3)nc12. The zero-order valence-corrected chi connectivity index (χ0v) is 12.1. The predicted octanol–water partition coefficient (Wildman–Crippen LogP) is 4.08. The molecule has 0 amide bonds. The van der Waals surface area contributed by atoms with E-state index in [4.69, 9.17) is 0 Å². The van der Waals surface area contributed by atoms with Gasteiger partial charge < -0.3 is 0 Å². The lowest BCUT2D eigenvalue weighted by atomic mass is 10.1. The largest absolute Gasteiger partial charge is 0.289 e. The molecule has 0 aliphatic rings. The van der Waals surface area contributed by atoms with E-state index in [2.05, 4.69) is 27.0 Å². The molecule has 0 bridgehead atoms. The van der Waals surface area contributed by atoms with E-state index in [0.717, 1.165) is 21.2 Å². The molecule has 1 aromatic carbocycles. The van der Waals surface area contributed by atoms with Gasteiger partial charge in [-0.3, -0.25) is 4.40 Å². The van der Waals surface area contributed by atoms with E-state index in [1.165, 1.54) is 12.1 Å². The number of benzene rings is 1. The fourth-order valence-corrected chi connectivity index (χ4v) is 2.73. The van der Waals surface area contributed by atoms with Gasteiger partial charge >= 0.3 is 0 Å². The zero-order valence-electron chi connectivity index (χ0n) is 10.6. The summed E-state index contributed by atoms with van der Waals surface area (Å²) in [6, 6.07) is 10.1. The molecule has 5 heteroatoms. The number of rotatable bonds is 1. The van der Waals surface area contributed by atoms with Crippen molar-refractivity contribution in [2.75, 3.05) is 0 Å². The highest BCUT2D eigenvalue weighted by Gasteiger charge is 2.15. The summed E-state index contributed by atoms with van der Waals surface area (Å²) in [5.74, 6) is -0.310. The number of nitriles is 1. The van der Waals surface area contributed by atoms with Crippen molar-refractivity contribution in [2.24, 2.45) is 0 Å². The second kappa shape index (κ2) is 4.73. The summed E-state index contributed by atoms with van der Waals surface area (Å²) < 4.78 is 15.6. The Morgan fingerprint density at radius 2 is 2.00 bits per heavy atom. The molecule has 0 saturated carbocycles. The van der Waals surface area contributed by atoms with E-state index in [9.17, 15) is 9.65 Å². The maximum atomic E-state index is 13.0. The van der Waals surface area contributed by atoms with Crippen molar-refractivity contribution >= 4 is 21.6 Å². The number of aromatic nitrogens is 2. The van der Waals surface area contributed by atoms with Crippen LogP contribution in [-0.4, -0.2) is 9.38 Å². The maximum Gasteiger partial charge on any atom is 0.152 e. The topological polar surface area (TPSA) is 41.1 Å². The van der Waals surface area contributed by atoms with Gasteiger partial charge in [0.1, 0.15) is 23.2 Å². The van der Waals surface area contributed by atoms with Crippen LogP contribution < -0.4 is 0 Å².